The molecule has 0 aromatic rings. The number of phosphoric ester groups is 1. The number of hydrogen-bond donors (Lipinski definition) is 6. The van der Waals surface area contributed by atoms with Gasteiger partial charge in [-0.1, -0.05) is 160 Å². The zero-order chi connectivity index (χ0) is 44.1. The third-order valence-electron chi connectivity index (χ3n) is 11.3. The maximum atomic E-state index is 12.8. The summed E-state index contributed by atoms with van der Waals surface area (Å²) in [5, 5.41) is 50.2. The van der Waals surface area contributed by atoms with Crippen LogP contribution >= 0.6 is 7.82 Å². The van der Waals surface area contributed by atoms with E-state index < -0.39 is 63.1 Å². The maximum Gasteiger partial charge on any atom is 0.472 e. The average Bonchev–Trinajstić information content (AvgIpc) is 3.23. The predicted octanol–water partition coefficient (Wildman–Crippen LogP) is 10.1. The van der Waals surface area contributed by atoms with E-state index in [2.05, 4.69) is 38.2 Å². The molecule has 0 amide bonds. The molecule has 0 aromatic heterocycles. The predicted molar refractivity (Wildman–Crippen MR) is 240 cm³/mol. The lowest BCUT2D eigenvalue weighted by Crippen LogP contribution is -2.64. The SMILES string of the molecule is CCCCCC/C=C\CCCCCCCC(=O)OC(COCCCCCCCCCCCC/C=C\CCCCCCCC)COP(=O)(O)OC1C(O)C(O)C(O)C(O)C1O. The Bertz CT molecular complexity index is 1090. The summed E-state index contributed by atoms with van der Waals surface area (Å²) in [5.41, 5.74) is 0. The van der Waals surface area contributed by atoms with Gasteiger partial charge in [0, 0.05) is 13.0 Å². The minimum atomic E-state index is -5.02. The molecular weight excluding hydrogens is 787 g/mol. The van der Waals surface area contributed by atoms with Gasteiger partial charge in [-0.25, -0.2) is 4.57 Å². The fourth-order valence-electron chi connectivity index (χ4n) is 7.40. The summed E-state index contributed by atoms with van der Waals surface area (Å²) in [6, 6.07) is 0. The van der Waals surface area contributed by atoms with Gasteiger partial charge in [0.1, 0.15) is 42.7 Å². The molecule has 1 aliphatic rings. The molecule has 0 heterocycles. The van der Waals surface area contributed by atoms with E-state index in [9.17, 15) is 39.8 Å². The zero-order valence-corrected chi connectivity index (χ0v) is 38.7. The minimum absolute atomic E-state index is 0.0783. The highest BCUT2D eigenvalue weighted by molar-refractivity contribution is 7.47. The molecular formula is C47H89O12P. The highest BCUT2D eigenvalue weighted by atomic mass is 31.2. The number of aliphatic hydroxyl groups excluding tert-OH is 5. The number of aliphatic hydroxyl groups is 5. The number of esters is 1. The van der Waals surface area contributed by atoms with Crippen LogP contribution in [0.25, 0.3) is 0 Å². The summed E-state index contributed by atoms with van der Waals surface area (Å²) in [6.07, 6.45) is 31.0. The van der Waals surface area contributed by atoms with Crippen LogP contribution in [0.1, 0.15) is 206 Å². The molecule has 12 nitrogen and oxygen atoms in total. The number of unbranched alkanes of at least 4 members (excludes halogenated alkanes) is 25. The van der Waals surface area contributed by atoms with Gasteiger partial charge in [0.25, 0.3) is 0 Å². The largest absolute Gasteiger partial charge is 0.472 e. The Balaban J connectivity index is 2.35. The lowest BCUT2D eigenvalue weighted by atomic mass is 9.85. The van der Waals surface area contributed by atoms with Gasteiger partial charge >= 0.3 is 13.8 Å². The Morgan fingerprint density at radius 1 is 0.517 bits per heavy atom. The number of phosphoric acid groups is 1. The van der Waals surface area contributed by atoms with Crippen molar-refractivity contribution in [2.75, 3.05) is 19.8 Å². The topological polar surface area (TPSA) is 192 Å². The first kappa shape index (κ1) is 56.8. The summed E-state index contributed by atoms with van der Waals surface area (Å²) in [5.74, 6) is -0.485. The van der Waals surface area contributed by atoms with Crippen LogP contribution in [-0.4, -0.2) is 98.9 Å². The number of rotatable bonds is 41. The third-order valence-corrected chi connectivity index (χ3v) is 12.3. The summed E-state index contributed by atoms with van der Waals surface area (Å²) in [6.45, 7) is 4.24. The van der Waals surface area contributed by atoms with E-state index in [0.717, 1.165) is 57.8 Å². The van der Waals surface area contributed by atoms with Gasteiger partial charge in [-0.2, -0.15) is 0 Å². The molecule has 1 rings (SSSR count). The molecule has 0 radical (unpaired) electrons. The lowest BCUT2D eigenvalue weighted by molar-refractivity contribution is -0.220. The summed E-state index contributed by atoms with van der Waals surface area (Å²) < 4.78 is 34.2. The molecule has 1 aliphatic carbocycles. The van der Waals surface area contributed by atoms with Crippen LogP contribution in [-0.2, 0) is 27.9 Å². The molecule has 60 heavy (non-hydrogen) atoms. The molecule has 6 N–H and O–H groups in total. The standard InChI is InChI=1S/C47H89O12P/c1-3-5-7-9-11-13-15-17-18-19-20-21-22-23-25-27-29-31-33-35-37-56-38-40(39-57-60(54,55)59-47-45(52)43(50)42(49)44(51)46(47)53)58-41(48)36-34-32-30-28-26-24-16-14-12-10-8-6-4-2/h14,16-18,40,42-47,49-53H,3-13,15,19-39H2,1-2H3,(H,54,55)/b16-14-,18-17-. The maximum absolute atomic E-state index is 12.8. The van der Waals surface area contributed by atoms with Gasteiger partial charge in [-0.15, -0.1) is 0 Å². The average molecular weight is 877 g/mol. The Labute approximate surface area is 364 Å². The first-order chi connectivity index (χ1) is 29.0. The van der Waals surface area contributed by atoms with E-state index in [1.165, 1.54) is 122 Å². The molecule has 0 saturated heterocycles. The molecule has 1 fully saturated rings. The van der Waals surface area contributed by atoms with E-state index in [1.54, 1.807) is 0 Å². The molecule has 1 saturated carbocycles. The number of hydrogen-bond acceptors (Lipinski definition) is 11. The monoisotopic (exact) mass is 877 g/mol. The lowest BCUT2D eigenvalue weighted by Gasteiger charge is -2.41. The van der Waals surface area contributed by atoms with Gasteiger partial charge in [-0.3, -0.25) is 13.8 Å². The Morgan fingerprint density at radius 2 is 0.883 bits per heavy atom. The van der Waals surface area contributed by atoms with Gasteiger partial charge in [0.15, 0.2) is 0 Å². The molecule has 0 spiro atoms. The van der Waals surface area contributed by atoms with Crippen LogP contribution < -0.4 is 0 Å². The van der Waals surface area contributed by atoms with Crippen molar-refractivity contribution in [2.45, 2.75) is 249 Å². The Hall–Kier alpha value is -1.18. The van der Waals surface area contributed by atoms with Crippen molar-refractivity contribution < 1.29 is 58.3 Å². The van der Waals surface area contributed by atoms with Crippen molar-refractivity contribution in [1.82, 2.24) is 0 Å². The highest BCUT2D eigenvalue weighted by Crippen LogP contribution is 2.47. The normalized spacial score (nSPS) is 22.5. The van der Waals surface area contributed by atoms with Crippen molar-refractivity contribution in [3.05, 3.63) is 24.3 Å². The Morgan fingerprint density at radius 3 is 1.33 bits per heavy atom. The first-order valence-corrected chi connectivity index (χ1v) is 25.7. The molecule has 0 aromatic carbocycles. The van der Waals surface area contributed by atoms with Crippen molar-refractivity contribution >= 4 is 13.8 Å². The number of ether oxygens (including phenoxy) is 2. The number of allylic oxidation sites excluding steroid dienone is 4. The third kappa shape index (κ3) is 30.0. The van der Waals surface area contributed by atoms with E-state index in [4.69, 9.17) is 18.5 Å². The van der Waals surface area contributed by atoms with Gasteiger partial charge < -0.3 is 39.9 Å². The zero-order valence-electron chi connectivity index (χ0n) is 37.8. The summed E-state index contributed by atoms with van der Waals surface area (Å²) >= 11 is 0. The van der Waals surface area contributed by atoms with Crippen LogP contribution in [0.2, 0.25) is 0 Å². The second-order valence-corrected chi connectivity index (χ2v) is 18.4. The quantitative estimate of drug-likeness (QED) is 0.0148. The van der Waals surface area contributed by atoms with Crippen molar-refractivity contribution in [2.24, 2.45) is 0 Å². The molecule has 0 bridgehead atoms. The Kier molecular flexibility index (Phi) is 36.3. The molecule has 13 heteroatoms. The van der Waals surface area contributed by atoms with E-state index in [0.29, 0.717) is 13.0 Å². The number of carbonyl (C=O) groups excluding carboxylic acids is 1. The summed E-state index contributed by atoms with van der Waals surface area (Å²) in [7, 11) is -5.02. The van der Waals surface area contributed by atoms with Crippen molar-refractivity contribution in [1.29, 1.82) is 0 Å². The van der Waals surface area contributed by atoms with Crippen LogP contribution in [0.4, 0.5) is 0 Å². The van der Waals surface area contributed by atoms with E-state index >= 15 is 0 Å². The molecule has 6 atom stereocenters. The van der Waals surface area contributed by atoms with Crippen LogP contribution in [0, 0.1) is 0 Å². The molecule has 6 unspecified atom stereocenters. The summed E-state index contributed by atoms with van der Waals surface area (Å²) in [4.78, 5) is 23.1. The first-order valence-electron chi connectivity index (χ1n) is 24.2. The van der Waals surface area contributed by atoms with Crippen LogP contribution in [0.15, 0.2) is 24.3 Å². The highest BCUT2D eigenvalue weighted by Gasteiger charge is 2.51. The second kappa shape index (κ2) is 38.3. The van der Waals surface area contributed by atoms with Gasteiger partial charge in [0.05, 0.1) is 13.2 Å². The van der Waals surface area contributed by atoms with E-state index in [1.807, 2.05) is 0 Å². The van der Waals surface area contributed by atoms with Gasteiger partial charge in [-0.05, 0) is 64.2 Å². The fourth-order valence-corrected chi connectivity index (χ4v) is 8.38. The molecule has 354 valence electrons. The van der Waals surface area contributed by atoms with Crippen LogP contribution in [0.3, 0.4) is 0 Å². The number of carbonyl (C=O) groups is 1. The van der Waals surface area contributed by atoms with Crippen LogP contribution in [0.5, 0.6) is 0 Å². The second-order valence-electron chi connectivity index (χ2n) is 17.0. The van der Waals surface area contributed by atoms with Gasteiger partial charge in [0.2, 0.25) is 0 Å². The van der Waals surface area contributed by atoms with E-state index in [-0.39, 0.29) is 13.0 Å². The molecule has 0 aliphatic heterocycles. The van der Waals surface area contributed by atoms with Crippen molar-refractivity contribution in [3.63, 3.8) is 0 Å². The fraction of sp³-hybridized carbons (Fsp3) is 0.894. The minimum Gasteiger partial charge on any atom is -0.457 e. The van der Waals surface area contributed by atoms with Crippen molar-refractivity contribution in [3.8, 4) is 0 Å². The smallest absolute Gasteiger partial charge is 0.457 e.